The van der Waals surface area contributed by atoms with Crippen molar-refractivity contribution in [3.05, 3.63) is 42.0 Å². The fraction of sp³-hybridized carbons (Fsp3) is 0.438. The zero-order chi connectivity index (χ0) is 15.1. The molecule has 1 aromatic carbocycles. The number of H-pyrrole nitrogens is 1. The van der Waals surface area contributed by atoms with Crippen molar-refractivity contribution >= 4 is 0 Å². The highest BCUT2D eigenvalue weighted by atomic mass is 16.5. The molecule has 0 aliphatic heterocycles. The number of aromatic amines is 1. The van der Waals surface area contributed by atoms with Gasteiger partial charge in [0.05, 0.1) is 19.8 Å². The van der Waals surface area contributed by atoms with Gasteiger partial charge < -0.3 is 19.8 Å². The lowest BCUT2D eigenvalue weighted by molar-refractivity contribution is 0.368. The van der Waals surface area contributed by atoms with Crippen LogP contribution in [0, 0.1) is 0 Å². The van der Waals surface area contributed by atoms with E-state index in [9.17, 15) is 0 Å². The number of methoxy groups -OCH3 is 2. The quantitative estimate of drug-likeness (QED) is 0.784. The van der Waals surface area contributed by atoms with Crippen molar-refractivity contribution < 1.29 is 9.47 Å². The highest BCUT2D eigenvalue weighted by Crippen LogP contribution is 2.35. The van der Waals surface area contributed by atoms with Crippen LogP contribution in [0.5, 0.6) is 11.5 Å². The van der Waals surface area contributed by atoms with E-state index in [4.69, 9.17) is 9.47 Å². The number of nitrogens with one attached hydrogen (secondary N) is 2. The number of imidazole rings is 1. The monoisotopic (exact) mass is 289 g/mol. The highest BCUT2D eigenvalue weighted by Gasteiger charge is 2.21. The van der Waals surface area contributed by atoms with Crippen LogP contribution in [-0.2, 0) is 6.42 Å². The minimum absolute atomic E-state index is 0.0854. The van der Waals surface area contributed by atoms with Gasteiger partial charge in [0.1, 0.15) is 17.3 Å². The number of ether oxygens (including phenoxy) is 2. The summed E-state index contributed by atoms with van der Waals surface area (Å²) in [6.07, 6.45) is 5.42. The standard InChI is InChI=1S/C16H23N3O2/c1-4-8-17-12(11-15-18-9-10-19-15)16-13(20-2)6-5-7-14(16)21-3/h5-7,9-10,12,17H,4,8,11H2,1-3H3,(H,18,19). The van der Waals surface area contributed by atoms with Crippen LogP contribution in [0.2, 0.25) is 0 Å². The topological polar surface area (TPSA) is 59.2 Å². The van der Waals surface area contributed by atoms with Crippen molar-refractivity contribution in [1.29, 1.82) is 0 Å². The van der Waals surface area contributed by atoms with Crippen LogP contribution in [0.25, 0.3) is 0 Å². The molecule has 0 bridgehead atoms. The summed E-state index contributed by atoms with van der Waals surface area (Å²) in [5.74, 6) is 2.60. The number of hydrogen-bond donors (Lipinski definition) is 2. The molecule has 0 fully saturated rings. The Morgan fingerprint density at radius 1 is 1.24 bits per heavy atom. The SMILES string of the molecule is CCCNC(Cc1ncc[nH]1)c1c(OC)cccc1OC. The average Bonchev–Trinajstić information content (AvgIpc) is 3.03. The summed E-state index contributed by atoms with van der Waals surface area (Å²) in [4.78, 5) is 7.48. The van der Waals surface area contributed by atoms with E-state index in [0.29, 0.717) is 0 Å². The fourth-order valence-electron chi connectivity index (χ4n) is 2.42. The van der Waals surface area contributed by atoms with Gasteiger partial charge in [-0.15, -0.1) is 0 Å². The minimum atomic E-state index is 0.0854. The van der Waals surface area contributed by atoms with Crippen molar-refractivity contribution in [3.63, 3.8) is 0 Å². The molecular formula is C16H23N3O2. The predicted molar refractivity (Wildman–Crippen MR) is 82.9 cm³/mol. The Morgan fingerprint density at radius 3 is 2.48 bits per heavy atom. The third-order valence-corrected chi connectivity index (χ3v) is 3.41. The largest absolute Gasteiger partial charge is 0.496 e. The first-order chi connectivity index (χ1) is 10.3. The van der Waals surface area contributed by atoms with E-state index in [1.807, 2.05) is 24.4 Å². The van der Waals surface area contributed by atoms with Gasteiger partial charge in [0, 0.05) is 24.9 Å². The Bertz CT molecular complexity index is 518. The molecule has 21 heavy (non-hydrogen) atoms. The molecule has 0 aliphatic carbocycles. The second-order valence-corrected chi connectivity index (χ2v) is 4.82. The van der Waals surface area contributed by atoms with Crippen molar-refractivity contribution in [2.75, 3.05) is 20.8 Å². The van der Waals surface area contributed by atoms with Crippen LogP contribution in [0.4, 0.5) is 0 Å². The highest BCUT2D eigenvalue weighted by molar-refractivity contribution is 5.47. The average molecular weight is 289 g/mol. The molecule has 0 amide bonds. The Kier molecular flexibility index (Phi) is 5.63. The van der Waals surface area contributed by atoms with E-state index in [2.05, 4.69) is 22.2 Å². The summed E-state index contributed by atoms with van der Waals surface area (Å²) in [5, 5.41) is 3.55. The van der Waals surface area contributed by atoms with Crippen molar-refractivity contribution in [1.82, 2.24) is 15.3 Å². The molecule has 0 radical (unpaired) electrons. The van der Waals surface area contributed by atoms with Crippen LogP contribution in [0.1, 0.15) is 30.8 Å². The Balaban J connectivity index is 2.34. The minimum Gasteiger partial charge on any atom is -0.496 e. The molecule has 0 spiro atoms. The van der Waals surface area contributed by atoms with E-state index in [1.54, 1.807) is 20.4 Å². The molecule has 2 N–H and O–H groups in total. The zero-order valence-electron chi connectivity index (χ0n) is 12.8. The molecule has 0 saturated carbocycles. The summed E-state index contributed by atoms with van der Waals surface area (Å²) < 4.78 is 11.0. The lowest BCUT2D eigenvalue weighted by atomic mass is 10.0. The normalized spacial score (nSPS) is 12.1. The smallest absolute Gasteiger partial charge is 0.127 e. The van der Waals surface area contributed by atoms with Crippen LogP contribution in [0.15, 0.2) is 30.6 Å². The second kappa shape index (κ2) is 7.69. The van der Waals surface area contributed by atoms with E-state index in [1.165, 1.54) is 0 Å². The molecule has 5 heteroatoms. The molecule has 2 rings (SSSR count). The van der Waals surface area contributed by atoms with Gasteiger partial charge in [0.2, 0.25) is 0 Å². The zero-order valence-corrected chi connectivity index (χ0v) is 12.8. The van der Waals surface area contributed by atoms with Gasteiger partial charge in [0.15, 0.2) is 0 Å². The molecule has 1 heterocycles. The van der Waals surface area contributed by atoms with Crippen LogP contribution in [0.3, 0.4) is 0 Å². The first-order valence-electron chi connectivity index (χ1n) is 7.22. The van der Waals surface area contributed by atoms with E-state index >= 15 is 0 Å². The van der Waals surface area contributed by atoms with Gasteiger partial charge in [-0.1, -0.05) is 13.0 Å². The van der Waals surface area contributed by atoms with Crippen LogP contribution in [-0.4, -0.2) is 30.7 Å². The summed E-state index contributed by atoms with van der Waals surface area (Å²) in [6.45, 7) is 3.07. The summed E-state index contributed by atoms with van der Waals surface area (Å²) in [5.41, 5.74) is 1.03. The third kappa shape index (κ3) is 3.76. The second-order valence-electron chi connectivity index (χ2n) is 4.82. The molecule has 1 atom stereocenters. The predicted octanol–water partition coefficient (Wildman–Crippen LogP) is 2.71. The van der Waals surface area contributed by atoms with Gasteiger partial charge in [-0.05, 0) is 25.1 Å². The lowest BCUT2D eigenvalue weighted by Gasteiger charge is -2.22. The van der Waals surface area contributed by atoms with Gasteiger partial charge in [-0.3, -0.25) is 0 Å². The molecule has 0 saturated heterocycles. The molecule has 5 nitrogen and oxygen atoms in total. The van der Waals surface area contributed by atoms with Gasteiger partial charge in [0.25, 0.3) is 0 Å². The number of rotatable bonds is 8. The maximum absolute atomic E-state index is 5.52. The lowest BCUT2D eigenvalue weighted by Crippen LogP contribution is -2.25. The number of aromatic nitrogens is 2. The third-order valence-electron chi connectivity index (χ3n) is 3.41. The van der Waals surface area contributed by atoms with Gasteiger partial charge >= 0.3 is 0 Å². The summed E-state index contributed by atoms with van der Waals surface area (Å²) in [6, 6.07) is 5.94. The van der Waals surface area contributed by atoms with E-state index in [0.717, 1.165) is 42.3 Å². The fourth-order valence-corrected chi connectivity index (χ4v) is 2.42. The number of hydrogen-bond acceptors (Lipinski definition) is 4. The Hall–Kier alpha value is -2.01. The Morgan fingerprint density at radius 2 is 1.95 bits per heavy atom. The van der Waals surface area contributed by atoms with Crippen molar-refractivity contribution in [2.45, 2.75) is 25.8 Å². The van der Waals surface area contributed by atoms with Crippen LogP contribution >= 0.6 is 0 Å². The molecule has 0 aliphatic rings. The maximum atomic E-state index is 5.52. The van der Waals surface area contributed by atoms with Crippen LogP contribution < -0.4 is 14.8 Å². The molecule has 1 aromatic heterocycles. The van der Waals surface area contributed by atoms with Gasteiger partial charge in [-0.2, -0.15) is 0 Å². The van der Waals surface area contributed by atoms with Gasteiger partial charge in [-0.25, -0.2) is 4.98 Å². The molecule has 1 unspecified atom stereocenters. The van der Waals surface area contributed by atoms with E-state index < -0.39 is 0 Å². The number of benzene rings is 1. The molecular weight excluding hydrogens is 266 g/mol. The first kappa shape index (κ1) is 15.4. The van der Waals surface area contributed by atoms with E-state index in [-0.39, 0.29) is 6.04 Å². The van der Waals surface area contributed by atoms with Crippen molar-refractivity contribution in [3.8, 4) is 11.5 Å². The first-order valence-corrected chi connectivity index (χ1v) is 7.22. The summed E-state index contributed by atoms with van der Waals surface area (Å²) in [7, 11) is 3.37. The maximum Gasteiger partial charge on any atom is 0.127 e. The Labute approximate surface area is 125 Å². The molecule has 2 aromatic rings. The number of nitrogens with zero attached hydrogens (tertiary/aromatic N) is 1. The summed E-state index contributed by atoms with van der Waals surface area (Å²) >= 11 is 0. The molecule has 114 valence electrons. The van der Waals surface area contributed by atoms with Crippen molar-refractivity contribution in [2.24, 2.45) is 0 Å².